The monoisotopic (exact) mass is 141 g/mol. The van der Waals surface area contributed by atoms with Crippen molar-refractivity contribution < 1.29 is 62.8 Å². The van der Waals surface area contributed by atoms with E-state index in [1.54, 1.807) is 0 Å². The second kappa shape index (κ2) is 5.90. The molecule has 0 fully saturated rings. The molecule has 0 aromatic heterocycles. The minimum absolute atomic E-state index is 0. The number of Topliss-reactive ketones (excluding diaryl/α,β-unsaturated/α-hetero) is 1. The van der Waals surface area contributed by atoms with E-state index in [-0.39, 0.29) is 64.3 Å². The maximum absolute atomic E-state index is 10.1. The van der Waals surface area contributed by atoms with Crippen LogP contribution in [0.5, 0.6) is 0 Å². The van der Waals surface area contributed by atoms with Crippen LogP contribution < -0.4 is 51.4 Å². The molecule has 0 spiro atoms. The Morgan fingerprint density at radius 2 is 2.00 bits per heavy atom. The summed E-state index contributed by atoms with van der Waals surface area (Å²) in [6, 6.07) is 0. The Morgan fingerprint density at radius 1 is 1.62 bits per heavy atom. The average molecular weight is 141 g/mol. The molecule has 0 saturated heterocycles. The largest absolute Gasteiger partial charge is 1.00 e. The smallest absolute Gasteiger partial charge is 1.00 e. The summed E-state index contributed by atoms with van der Waals surface area (Å²) in [6.45, 7) is 2.79. The van der Waals surface area contributed by atoms with E-state index in [2.05, 4.69) is 5.16 Å². The van der Waals surface area contributed by atoms with Crippen molar-refractivity contribution in [2.24, 2.45) is 5.16 Å². The van der Waals surface area contributed by atoms with Gasteiger partial charge in [0.1, 0.15) is 5.71 Å². The molecule has 1 N–H and O–H groups in total. The standard InChI is InChI=1S/C4H7NO2.K.H/c1-3(5-7)4(2)6;;/h7H,1-2H3;;/q;+1;-1. The molecule has 0 saturated carbocycles. The number of nitrogens with zero attached hydrogens (tertiary/aromatic N) is 1. The van der Waals surface area contributed by atoms with Crippen molar-refractivity contribution in [3.05, 3.63) is 0 Å². The predicted molar refractivity (Wildman–Crippen MR) is 26.7 cm³/mol. The zero-order chi connectivity index (χ0) is 5.86. The number of rotatable bonds is 1. The van der Waals surface area contributed by atoms with Gasteiger partial charge in [-0.25, -0.2) is 0 Å². The Morgan fingerprint density at radius 3 is 2.00 bits per heavy atom. The Hall–Kier alpha value is 0.776. The summed E-state index contributed by atoms with van der Waals surface area (Å²) in [6.07, 6.45) is 0. The van der Waals surface area contributed by atoms with Crippen LogP contribution in [-0.4, -0.2) is 16.7 Å². The fourth-order valence-corrected chi connectivity index (χ4v) is 0.0704. The molecule has 0 bridgehead atoms. The molecule has 8 heavy (non-hydrogen) atoms. The number of ketones is 1. The molecule has 3 nitrogen and oxygen atoms in total. The van der Waals surface area contributed by atoms with Gasteiger partial charge < -0.3 is 6.63 Å². The Bertz CT molecular complexity index is 115. The fraction of sp³-hybridized carbons (Fsp3) is 0.500. The summed E-state index contributed by atoms with van der Waals surface area (Å²) < 4.78 is 0. The third kappa shape index (κ3) is 4.92. The summed E-state index contributed by atoms with van der Waals surface area (Å²) in [5, 5.41) is 10.5. The van der Waals surface area contributed by atoms with Gasteiger partial charge in [0.2, 0.25) is 0 Å². The van der Waals surface area contributed by atoms with Gasteiger partial charge in [-0.05, 0) is 6.92 Å². The molecule has 0 aliphatic carbocycles. The van der Waals surface area contributed by atoms with Crippen molar-refractivity contribution in [1.82, 2.24) is 0 Å². The molecule has 0 aliphatic heterocycles. The van der Waals surface area contributed by atoms with E-state index in [1.807, 2.05) is 0 Å². The molecule has 4 heteroatoms. The predicted octanol–water partition coefficient (Wildman–Crippen LogP) is -2.46. The maximum Gasteiger partial charge on any atom is 1.00 e. The Kier molecular flexibility index (Phi) is 8.53. The normalized spacial score (nSPS) is 10.0. The molecule has 0 aromatic rings. The summed E-state index contributed by atoms with van der Waals surface area (Å²) in [4.78, 5) is 10.1. The van der Waals surface area contributed by atoms with Crippen LogP contribution in [0.4, 0.5) is 0 Å². The second-order valence-corrected chi connectivity index (χ2v) is 1.24. The van der Waals surface area contributed by atoms with Crippen LogP contribution in [-0.2, 0) is 4.79 Å². The van der Waals surface area contributed by atoms with E-state index < -0.39 is 0 Å². The van der Waals surface area contributed by atoms with Crippen molar-refractivity contribution in [3.63, 3.8) is 0 Å². The van der Waals surface area contributed by atoms with Gasteiger partial charge in [0.25, 0.3) is 0 Å². The summed E-state index contributed by atoms with van der Waals surface area (Å²) in [5.41, 5.74) is 0.139. The molecular formula is C4H8KNO2. The number of carbonyl (C=O) groups is 1. The third-order valence-corrected chi connectivity index (χ3v) is 0.660. The fourth-order valence-electron chi connectivity index (χ4n) is 0.0704. The minimum Gasteiger partial charge on any atom is -1.00 e. The summed E-state index contributed by atoms with van der Waals surface area (Å²) in [7, 11) is 0. The molecule has 0 aliphatic rings. The Labute approximate surface area is 92.0 Å². The molecular weight excluding hydrogens is 133 g/mol. The van der Waals surface area contributed by atoms with Crippen LogP contribution in [0, 0.1) is 0 Å². The van der Waals surface area contributed by atoms with Crippen molar-refractivity contribution in [2.75, 3.05) is 0 Å². The van der Waals surface area contributed by atoms with Crippen molar-refractivity contribution in [2.45, 2.75) is 13.8 Å². The first-order valence-electron chi connectivity index (χ1n) is 1.88. The summed E-state index contributed by atoms with van der Waals surface area (Å²) in [5.74, 6) is -0.206. The van der Waals surface area contributed by atoms with E-state index in [0.717, 1.165) is 0 Å². The van der Waals surface area contributed by atoms with Gasteiger partial charge in [0.15, 0.2) is 5.78 Å². The molecule has 0 aromatic carbocycles. The quantitative estimate of drug-likeness (QED) is 0.191. The first kappa shape index (κ1) is 11.6. The summed E-state index contributed by atoms with van der Waals surface area (Å²) >= 11 is 0. The van der Waals surface area contributed by atoms with E-state index in [0.29, 0.717) is 0 Å². The second-order valence-electron chi connectivity index (χ2n) is 1.24. The van der Waals surface area contributed by atoms with Crippen LogP contribution in [0.25, 0.3) is 0 Å². The molecule has 0 atom stereocenters. The van der Waals surface area contributed by atoms with Gasteiger partial charge in [-0.15, -0.1) is 0 Å². The van der Waals surface area contributed by atoms with Gasteiger partial charge in [-0.2, -0.15) is 0 Å². The van der Waals surface area contributed by atoms with Crippen LogP contribution in [0.1, 0.15) is 15.3 Å². The molecule has 0 heterocycles. The van der Waals surface area contributed by atoms with Gasteiger partial charge >= 0.3 is 51.4 Å². The van der Waals surface area contributed by atoms with Crippen molar-refractivity contribution in [3.8, 4) is 0 Å². The molecule has 0 radical (unpaired) electrons. The van der Waals surface area contributed by atoms with E-state index in [1.165, 1.54) is 13.8 Å². The number of carbonyl (C=O) groups excluding carboxylic acids is 1. The molecule has 0 amide bonds. The van der Waals surface area contributed by atoms with Crippen LogP contribution >= 0.6 is 0 Å². The first-order valence-corrected chi connectivity index (χ1v) is 1.88. The average Bonchev–Trinajstić information content (AvgIpc) is 1.65. The Balaban J connectivity index is -0.000000180. The van der Waals surface area contributed by atoms with Crippen molar-refractivity contribution in [1.29, 1.82) is 0 Å². The number of oxime groups is 1. The van der Waals surface area contributed by atoms with E-state index in [4.69, 9.17) is 5.21 Å². The number of hydrogen-bond donors (Lipinski definition) is 1. The van der Waals surface area contributed by atoms with Crippen LogP contribution in [0.2, 0.25) is 0 Å². The minimum atomic E-state index is -0.206. The molecule has 42 valence electrons. The zero-order valence-electron chi connectivity index (χ0n) is 6.30. The zero-order valence-corrected chi connectivity index (χ0v) is 8.43. The van der Waals surface area contributed by atoms with Crippen LogP contribution in [0.3, 0.4) is 0 Å². The van der Waals surface area contributed by atoms with Gasteiger partial charge in [0.05, 0.1) is 0 Å². The van der Waals surface area contributed by atoms with Gasteiger partial charge in [-0.1, -0.05) is 5.16 Å². The first-order chi connectivity index (χ1) is 3.18. The molecule has 0 rings (SSSR count). The van der Waals surface area contributed by atoms with E-state index in [9.17, 15) is 4.79 Å². The third-order valence-electron chi connectivity index (χ3n) is 0.660. The van der Waals surface area contributed by atoms with Gasteiger partial charge in [0, 0.05) is 6.92 Å². The number of hydrogen-bond acceptors (Lipinski definition) is 3. The van der Waals surface area contributed by atoms with Crippen molar-refractivity contribution >= 4 is 11.5 Å². The van der Waals surface area contributed by atoms with E-state index >= 15 is 0 Å². The maximum atomic E-state index is 10.1. The SMILES string of the molecule is CC(=O)C(C)=NO.[H-].[K+]. The molecule has 0 unspecified atom stereocenters. The van der Waals surface area contributed by atoms with Crippen LogP contribution in [0.15, 0.2) is 5.16 Å². The van der Waals surface area contributed by atoms with Gasteiger partial charge in [-0.3, -0.25) is 4.79 Å². The topological polar surface area (TPSA) is 49.7 Å².